The van der Waals surface area contributed by atoms with Crippen LogP contribution in [0.15, 0.2) is 30.3 Å². The minimum Gasteiger partial charge on any atom is -0.300 e. The lowest BCUT2D eigenvalue weighted by Crippen LogP contribution is -2.17. The molecule has 1 nitrogen and oxygen atoms in total. The van der Waals surface area contributed by atoms with Crippen LogP contribution in [-0.4, -0.2) is 5.78 Å². The van der Waals surface area contributed by atoms with Crippen molar-refractivity contribution in [2.24, 2.45) is 0 Å². The summed E-state index contributed by atoms with van der Waals surface area (Å²) in [6.45, 7) is 6.43. The molecule has 0 unspecified atom stereocenters. The summed E-state index contributed by atoms with van der Waals surface area (Å²) < 4.78 is 0. The van der Waals surface area contributed by atoms with E-state index in [0.717, 1.165) is 19.3 Å². The maximum Gasteiger partial charge on any atom is 0.132 e. The van der Waals surface area contributed by atoms with Crippen molar-refractivity contribution >= 4 is 5.78 Å². The highest BCUT2D eigenvalue weighted by Crippen LogP contribution is 2.28. The Hall–Kier alpha value is -1.11. The Morgan fingerprint density at radius 3 is 2.38 bits per heavy atom. The van der Waals surface area contributed by atoms with Gasteiger partial charge in [0.15, 0.2) is 0 Å². The van der Waals surface area contributed by atoms with Gasteiger partial charge in [-0.3, -0.25) is 4.79 Å². The first kappa shape index (κ1) is 13.0. The van der Waals surface area contributed by atoms with Crippen LogP contribution in [0.1, 0.15) is 52.0 Å². The first-order valence-electron chi connectivity index (χ1n) is 6.13. The molecule has 1 aromatic carbocycles. The number of hydrogen-bond donors (Lipinski definition) is 0. The Labute approximate surface area is 98.9 Å². The molecular formula is C15H22O. The van der Waals surface area contributed by atoms with E-state index in [-0.39, 0.29) is 5.41 Å². The summed E-state index contributed by atoms with van der Waals surface area (Å²) in [5, 5.41) is 0. The number of hydrogen-bond acceptors (Lipinski definition) is 1. The first-order chi connectivity index (χ1) is 7.56. The zero-order valence-corrected chi connectivity index (χ0v) is 10.6. The summed E-state index contributed by atoms with van der Waals surface area (Å²) in [5.41, 5.74) is 1.54. The van der Waals surface area contributed by atoms with E-state index in [1.54, 1.807) is 0 Å². The van der Waals surface area contributed by atoms with Gasteiger partial charge in [-0.2, -0.15) is 0 Å². The van der Waals surface area contributed by atoms with Crippen molar-refractivity contribution < 1.29 is 4.79 Å². The van der Waals surface area contributed by atoms with E-state index >= 15 is 0 Å². The lowest BCUT2D eigenvalue weighted by atomic mass is 9.80. The normalized spacial score (nSPS) is 11.4. The largest absolute Gasteiger partial charge is 0.300 e. The topological polar surface area (TPSA) is 17.1 Å². The molecule has 0 saturated carbocycles. The molecule has 0 aliphatic carbocycles. The molecule has 0 fully saturated rings. The van der Waals surface area contributed by atoms with Gasteiger partial charge in [0, 0.05) is 12.8 Å². The lowest BCUT2D eigenvalue weighted by Gasteiger charge is -2.25. The van der Waals surface area contributed by atoms with Crippen molar-refractivity contribution in [1.82, 2.24) is 0 Å². The maximum atomic E-state index is 11.2. The summed E-state index contributed by atoms with van der Waals surface area (Å²) >= 11 is 0. The molecule has 0 bridgehead atoms. The first-order valence-corrected chi connectivity index (χ1v) is 6.13. The van der Waals surface area contributed by atoms with E-state index < -0.39 is 0 Å². The number of carbonyl (C=O) groups excluding carboxylic acids is 1. The van der Waals surface area contributed by atoms with Crippen LogP contribution in [0, 0.1) is 0 Å². The van der Waals surface area contributed by atoms with Crippen molar-refractivity contribution in [1.29, 1.82) is 0 Å². The number of benzene rings is 1. The van der Waals surface area contributed by atoms with Gasteiger partial charge in [-0.05, 0) is 23.8 Å². The van der Waals surface area contributed by atoms with Gasteiger partial charge >= 0.3 is 0 Å². The molecule has 1 rings (SSSR count). The number of ketones is 1. The second-order valence-electron chi connectivity index (χ2n) is 5.00. The summed E-state index contributed by atoms with van der Waals surface area (Å²) in [6, 6.07) is 10.5. The average Bonchev–Trinajstić information content (AvgIpc) is 2.30. The van der Waals surface area contributed by atoms with E-state index in [2.05, 4.69) is 38.1 Å². The molecule has 0 aliphatic heterocycles. The van der Waals surface area contributed by atoms with Crippen LogP contribution >= 0.6 is 0 Å². The fraction of sp³-hybridized carbons (Fsp3) is 0.533. The Balaban J connectivity index is 2.49. The number of rotatable bonds is 6. The smallest absolute Gasteiger partial charge is 0.132 e. The molecule has 0 saturated heterocycles. The van der Waals surface area contributed by atoms with Crippen LogP contribution in [-0.2, 0) is 10.2 Å². The van der Waals surface area contributed by atoms with Crippen molar-refractivity contribution in [2.45, 2.75) is 51.9 Å². The maximum absolute atomic E-state index is 11.2. The van der Waals surface area contributed by atoms with Crippen LogP contribution in [0.3, 0.4) is 0 Å². The Morgan fingerprint density at radius 2 is 1.81 bits per heavy atom. The third kappa shape index (κ3) is 3.80. The third-order valence-electron chi connectivity index (χ3n) is 3.21. The minimum atomic E-state index is 0.176. The molecule has 16 heavy (non-hydrogen) atoms. The SMILES string of the molecule is CCC(=O)CCCC(C)(C)c1ccccc1. The van der Waals surface area contributed by atoms with Crippen LogP contribution in [0.2, 0.25) is 0 Å². The standard InChI is InChI=1S/C15H22O/c1-4-14(16)11-8-12-15(2,3)13-9-6-5-7-10-13/h5-7,9-10H,4,8,11-12H2,1-3H3. The molecule has 0 N–H and O–H groups in total. The monoisotopic (exact) mass is 218 g/mol. The number of Topliss-reactive ketones (excluding diaryl/α,β-unsaturated/α-hetero) is 1. The highest BCUT2D eigenvalue weighted by atomic mass is 16.1. The van der Waals surface area contributed by atoms with E-state index in [9.17, 15) is 4.79 Å². The molecular weight excluding hydrogens is 196 g/mol. The second-order valence-corrected chi connectivity index (χ2v) is 5.00. The molecule has 1 aromatic rings. The van der Waals surface area contributed by atoms with Crippen LogP contribution in [0.25, 0.3) is 0 Å². The van der Waals surface area contributed by atoms with Gasteiger partial charge in [-0.25, -0.2) is 0 Å². The summed E-state index contributed by atoms with van der Waals surface area (Å²) in [4.78, 5) is 11.2. The van der Waals surface area contributed by atoms with Gasteiger partial charge in [0.25, 0.3) is 0 Å². The Bertz CT molecular complexity index is 325. The molecule has 0 aliphatic rings. The van der Waals surface area contributed by atoms with Crippen molar-refractivity contribution in [3.63, 3.8) is 0 Å². The molecule has 88 valence electrons. The van der Waals surface area contributed by atoms with Crippen molar-refractivity contribution in [3.8, 4) is 0 Å². The zero-order valence-electron chi connectivity index (χ0n) is 10.6. The van der Waals surface area contributed by atoms with Gasteiger partial charge in [0.2, 0.25) is 0 Å². The molecule has 0 heterocycles. The Morgan fingerprint density at radius 1 is 1.19 bits per heavy atom. The number of carbonyl (C=O) groups is 1. The lowest BCUT2D eigenvalue weighted by molar-refractivity contribution is -0.118. The minimum absolute atomic E-state index is 0.176. The summed E-state index contributed by atoms with van der Waals surface area (Å²) in [5.74, 6) is 0.379. The second kappa shape index (κ2) is 5.83. The van der Waals surface area contributed by atoms with Gasteiger partial charge in [0.1, 0.15) is 5.78 Å². The van der Waals surface area contributed by atoms with Gasteiger partial charge in [-0.15, -0.1) is 0 Å². The third-order valence-corrected chi connectivity index (χ3v) is 3.21. The molecule has 0 aromatic heterocycles. The molecule has 0 radical (unpaired) electrons. The van der Waals surface area contributed by atoms with Crippen molar-refractivity contribution in [2.75, 3.05) is 0 Å². The van der Waals surface area contributed by atoms with E-state index in [4.69, 9.17) is 0 Å². The Kier molecular flexibility index (Phi) is 4.72. The molecule has 1 heteroatoms. The summed E-state index contributed by atoms with van der Waals surface area (Å²) in [6.07, 6.45) is 3.47. The van der Waals surface area contributed by atoms with Gasteiger partial charge in [0.05, 0.1) is 0 Å². The quantitative estimate of drug-likeness (QED) is 0.702. The molecule has 0 amide bonds. The summed E-state index contributed by atoms with van der Waals surface area (Å²) in [7, 11) is 0. The van der Waals surface area contributed by atoms with Gasteiger partial charge in [-0.1, -0.05) is 51.1 Å². The fourth-order valence-electron chi connectivity index (χ4n) is 1.94. The van der Waals surface area contributed by atoms with E-state index in [1.807, 2.05) is 13.0 Å². The van der Waals surface area contributed by atoms with Crippen molar-refractivity contribution in [3.05, 3.63) is 35.9 Å². The van der Waals surface area contributed by atoms with Crippen LogP contribution < -0.4 is 0 Å². The zero-order chi connectivity index (χ0) is 12.0. The fourth-order valence-corrected chi connectivity index (χ4v) is 1.94. The average molecular weight is 218 g/mol. The molecule has 0 atom stereocenters. The predicted octanol–water partition coefficient (Wildman–Crippen LogP) is 4.11. The highest BCUT2D eigenvalue weighted by Gasteiger charge is 2.19. The van der Waals surface area contributed by atoms with Crippen LogP contribution in [0.5, 0.6) is 0 Å². The molecule has 0 spiro atoms. The van der Waals surface area contributed by atoms with E-state index in [0.29, 0.717) is 12.2 Å². The van der Waals surface area contributed by atoms with Gasteiger partial charge < -0.3 is 0 Å². The predicted molar refractivity (Wildman–Crippen MR) is 68.6 cm³/mol. The highest BCUT2D eigenvalue weighted by molar-refractivity contribution is 5.77. The van der Waals surface area contributed by atoms with Crippen LogP contribution in [0.4, 0.5) is 0 Å². The van der Waals surface area contributed by atoms with E-state index in [1.165, 1.54) is 5.56 Å².